The van der Waals surface area contributed by atoms with E-state index in [1.807, 2.05) is 13.8 Å². The van der Waals surface area contributed by atoms with Gasteiger partial charge in [0.05, 0.1) is 0 Å². The first kappa shape index (κ1) is 15.1. The number of hydrogen-bond acceptors (Lipinski definition) is 2. The third-order valence-corrected chi connectivity index (χ3v) is 3.02. The number of ether oxygens (including phenoxy) is 1. The summed E-state index contributed by atoms with van der Waals surface area (Å²) in [5, 5.41) is 0.413. The van der Waals surface area contributed by atoms with Crippen LogP contribution in [-0.2, 0) is 16.0 Å². The van der Waals surface area contributed by atoms with E-state index < -0.39 is 6.10 Å². The molecule has 0 saturated heterocycles. The second-order valence-corrected chi connectivity index (χ2v) is 4.52. The van der Waals surface area contributed by atoms with Gasteiger partial charge in [0.25, 0.3) is 0 Å². The summed E-state index contributed by atoms with van der Waals surface area (Å²) in [5.74, 6) is -0.433. The molecule has 0 N–H and O–H groups in total. The summed E-state index contributed by atoms with van der Waals surface area (Å²) in [4.78, 5) is 12.0. The lowest BCUT2D eigenvalue weighted by Gasteiger charge is -2.15. The van der Waals surface area contributed by atoms with E-state index in [4.69, 9.17) is 16.3 Å². The molecule has 0 aliphatic rings. The number of carbonyl (C=O) groups is 1. The molecule has 0 fully saturated rings. The Morgan fingerprint density at radius 2 is 2.17 bits per heavy atom. The summed E-state index contributed by atoms with van der Waals surface area (Å²) < 4.78 is 18.5. The van der Waals surface area contributed by atoms with E-state index in [2.05, 4.69) is 0 Å². The Bertz CT molecular complexity index is 401. The van der Waals surface area contributed by atoms with Crippen molar-refractivity contribution in [3.05, 3.63) is 34.6 Å². The van der Waals surface area contributed by atoms with Crippen molar-refractivity contribution in [3.8, 4) is 0 Å². The van der Waals surface area contributed by atoms with E-state index >= 15 is 0 Å². The molecule has 0 bridgehead atoms. The molecule has 18 heavy (non-hydrogen) atoms. The predicted molar refractivity (Wildman–Crippen MR) is 70.4 cm³/mol. The van der Waals surface area contributed by atoms with Crippen LogP contribution in [0.3, 0.4) is 0 Å². The van der Waals surface area contributed by atoms with Crippen molar-refractivity contribution in [3.63, 3.8) is 0 Å². The molecule has 1 aromatic carbocycles. The lowest BCUT2D eigenvalue weighted by molar-refractivity contribution is -0.130. The smallest absolute Gasteiger partial charge is 0.165 e. The van der Waals surface area contributed by atoms with Crippen molar-refractivity contribution in [1.29, 1.82) is 0 Å². The predicted octanol–water partition coefficient (Wildman–Crippen LogP) is 3.80. The van der Waals surface area contributed by atoms with Crippen LogP contribution in [0.4, 0.5) is 4.39 Å². The van der Waals surface area contributed by atoms with Crippen LogP contribution in [0.15, 0.2) is 18.2 Å². The molecular formula is C14H18ClFO2. The number of hydrogen-bond donors (Lipinski definition) is 0. The zero-order valence-electron chi connectivity index (χ0n) is 10.7. The van der Waals surface area contributed by atoms with Gasteiger partial charge < -0.3 is 4.74 Å². The zero-order valence-corrected chi connectivity index (χ0v) is 11.5. The third-order valence-electron chi connectivity index (χ3n) is 2.65. The number of carbonyl (C=O) groups excluding carboxylic acids is 1. The minimum atomic E-state index is -0.417. The second kappa shape index (κ2) is 7.49. The van der Waals surface area contributed by atoms with Gasteiger partial charge in [0.15, 0.2) is 5.78 Å². The Morgan fingerprint density at radius 1 is 1.44 bits per heavy atom. The molecule has 0 saturated carbocycles. The molecule has 0 amide bonds. The summed E-state index contributed by atoms with van der Waals surface area (Å²) >= 11 is 5.94. The summed E-state index contributed by atoms with van der Waals surface area (Å²) in [6.07, 6.45) is 1.24. The first-order valence-electron chi connectivity index (χ1n) is 6.16. The van der Waals surface area contributed by atoms with Crippen LogP contribution >= 0.6 is 11.6 Å². The first-order valence-corrected chi connectivity index (χ1v) is 6.54. The normalized spacial score (nSPS) is 12.4. The van der Waals surface area contributed by atoms with Gasteiger partial charge in [-0.1, -0.05) is 24.9 Å². The number of ketones is 1. The summed E-state index contributed by atoms with van der Waals surface area (Å²) in [6, 6.07) is 4.05. The van der Waals surface area contributed by atoms with Crippen LogP contribution in [0, 0.1) is 5.82 Å². The minimum absolute atomic E-state index is 0.0498. The highest BCUT2D eigenvalue weighted by Crippen LogP contribution is 2.19. The van der Waals surface area contributed by atoms with Crippen LogP contribution in [0.1, 0.15) is 32.3 Å². The molecule has 0 aliphatic carbocycles. The third kappa shape index (κ3) is 4.39. The molecule has 1 unspecified atom stereocenters. The molecule has 100 valence electrons. The minimum Gasteiger partial charge on any atom is -0.371 e. The van der Waals surface area contributed by atoms with Crippen molar-refractivity contribution in [2.75, 3.05) is 6.61 Å². The van der Waals surface area contributed by atoms with E-state index in [9.17, 15) is 9.18 Å². The van der Waals surface area contributed by atoms with Crippen LogP contribution in [0.2, 0.25) is 5.02 Å². The molecule has 1 rings (SSSR count). The molecule has 4 heteroatoms. The van der Waals surface area contributed by atoms with Gasteiger partial charge in [0.2, 0.25) is 0 Å². The van der Waals surface area contributed by atoms with Gasteiger partial charge in [0, 0.05) is 18.1 Å². The van der Waals surface area contributed by atoms with Crippen LogP contribution in [0.5, 0.6) is 0 Å². The second-order valence-electron chi connectivity index (χ2n) is 4.11. The Kier molecular flexibility index (Phi) is 6.30. The van der Waals surface area contributed by atoms with E-state index in [0.29, 0.717) is 23.6 Å². The monoisotopic (exact) mass is 272 g/mol. The lowest BCUT2D eigenvalue weighted by Crippen LogP contribution is -2.26. The number of benzene rings is 1. The highest BCUT2D eigenvalue weighted by molar-refractivity contribution is 6.31. The van der Waals surface area contributed by atoms with Gasteiger partial charge in [-0.15, -0.1) is 0 Å². The maximum absolute atomic E-state index is 13.1. The topological polar surface area (TPSA) is 26.3 Å². The van der Waals surface area contributed by atoms with Crippen molar-refractivity contribution < 1.29 is 13.9 Å². The molecule has 0 aliphatic heterocycles. The summed E-state index contributed by atoms with van der Waals surface area (Å²) in [6.45, 7) is 4.34. The fraction of sp³-hybridized carbons (Fsp3) is 0.500. The van der Waals surface area contributed by atoms with Crippen LogP contribution < -0.4 is 0 Å². The van der Waals surface area contributed by atoms with Crippen molar-refractivity contribution in [2.45, 2.75) is 39.2 Å². The average Bonchev–Trinajstić information content (AvgIpc) is 2.33. The summed E-state index contributed by atoms with van der Waals surface area (Å²) in [7, 11) is 0. The first-order chi connectivity index (χ1) is 8.58. The van der Waals surface area contributed by atoms with Crippen LogP contribution in [0.25, 0.3) is 0 Å². The maximum atomic E-state index is 13.1. The van der Waals surface area contributed by atoms with E-state index in [1.165, 1.54) is 18.2 Å². The largest absolute Gasteiger partial charge is 0.371 e. The molecule has 0 spiro atoms. The van der Waals surface area contributed by atoms with Crippen molar-refractivity contribution >= 4 is 17.4 Å². The van der Waals surface area contributed by atoms with Crippen molar-refractivity contribution in [2.24, 2.45) is 0 Å². The molecule has 0 radical (unpaired) electrons. The van der Waals surface area contributed by atoms with Crippen molar-refractivity contribution in [1.82, 2.24) is 0 Å². The van der Waals surface area contributed by atoms with Gasteiger partial charge in [-0.2, -0.15) is 0 Å². The zero-order chi connectivity index (χ0) is 13.5. The van der Waals surface area contributed by atoms with Crippen LogP contribution in [-0.4, -0.2) is 18.5 Å². The SMILES string of the molecule is CCCC(OCC)C(=O)Cc1cc(F)ccc1Cl. The fourth-order valence-corrected chi connectivity index (χ4v) is 1.97. The van der Waals surface area contributed by atoms with E-state index in [0.717, 1.165) is 6.42 Å². The Balaban J connectivity index is 2.75. The van der Waals surface area contributed by atoms with Gasteiger partial charge in [-0.05, 0) is 37.1 Å². The molecule has 2 nitrogen and oxygen atoms in total. The molecule has 1 aromatic rings. The highest BCUT2D eigenvalue weighted by Gasteiger charge is 2.19. The lowest BCUT2D eigenvalue weighted by atomic mass is 10.0. The Hall–Kier alpha value is -0.930. The van der Waals surface area contributed by atoms with Gasteiger partial charge in [-0.3, -0.25) is 4.79 Å². The standard InChI is InChI=1S/C14H18ClFO2/c1-3-5-14(18-4-2)13(17)9-10-8-11(16)6-7-12(10)15/h6-8,14H,3-5,9H2,1-2H3. The number of Topliss-reactive ketones (excluding diaryl/α,β-unsaturated/α-hetero) is 1. The Morgan fingerprint density at radius 3 is 2.78 bits per heavy atom. The van der Waals surface area contributed by atoms with E-state index in [1.54, 1.807) is 0 Å². The highest BCUT2D eigenvalue weighted by atomic mass is 35.5. The van der Waals surface area contributed by atoms with Gasteiger partial charge in [-0.25, -0.2) is 4.39 Å². The summed E-state index contributed by atoms with van der Waals surface area (Å²) in [5.41, 5.74) is 0.516. The van der Waals surface area contributed by atoms with Gasteiger partial charge >= 0.3 is 0 Å². The molecule has 0 heterocycles. The molecule has 0 aromatic heterocycles. The number of halogens is 2. The number of rotatable bonds is 7. The maximum Gasteiger partial charge on any atom is 0.165 e. The molecule has 1 atom stereocenters. The van der Waals surface area contributed by atoms with Gasteiger partial charge in [0.1, 0.15) is 11.9 Å². The quantitative estimate of drug-likeness (QED) is 0.755. The fourth-order valence-electron chi connectivity index (χ4n) is 1.78. The Labute approximate surface area is 112 Å². The average molecular weight is 273 g/mol. The van der Waals surface area contributed by atoms with E-state index in [-0.39, 0.29) is 18.0 Å². The molecular weight excluding hydrogens is 255 g/mol.